The minimum atomic E-state index is -2.49. The smallest absolute Gasteiger partial charge is 0.248 e. The molecule has 0 bridgehead atoms. The molecule has 2 nitrogen and oxygen atoms in total. The summed E-state index contributed by atoms with van der Waals surface area (Å²) in [5.41, 5.74) is 1.01. The van der Waals surface area contributed by atoms with Gasteiger partial charge in [-0.25, -0.2) is 13.8 Å². The van der Waals surface area contributed by atoms with Crippen molar-refractivity contribution in [1.29, 1.82) is 0 Å². The number of pyridine rings is 1. The first-order chi connectivity index (χ1) is 7.94. The lowest BCUT2D eigenvalue weighted by atomic mass is 9.92. The van der Waals surface area contributed by atoms with Gasteiger partial charge in [-0.05, 0) is 37.5 Å². The molecule has 0 aliphatic heterocycles. The molecule has 0 saturated heterocycles. The van der Waals surface area contributed by atoms with Gasteiger partial charge in [-0.1, -0.05) is 11.6 Å². The van der Waals surface area contributed by atoms with Crippen LogP contribution in [0, 0.1) is 6.92 Å². The number of rotatable bonds is 2. The van der Waals surface area contributed by atoms with E-state index in [9.17, 15) is 8.78 Å². The fraction of sp³-hybridized carbons (Fsp3) is 0.583. The van der Waals surface area contributed by atoms with E-state index in [0.717, 1.165) is 5.56 Å². The second-order valence-electron chi connectivity index (χ2n) is 4.63. The molecule has 1 fully saturated rings. The first-order valence-corrected chi connectivity index (χ1v) is 6.11. The maximum atomic E-state index is 13.0. The molecule has 2 rings (SSSR count). The topological polar surface area (TPSA) is 24.9 Å². The third-order valence-electron chi connectivity index (χ3n) is 3.01. The quantitative estimate of drug-likeness (QED) is 0.812. The second kappa shape index (κ2) is 4.77. The second-order valence-corrected chi connectivity index (χ2v) is 5.01. The van der Waals surface area contributed by atoms with Gasteiger partial charge < -0.3 is 5.32 Å². The Hall–Kier alpha value is -0.900. The van der Waals surface area contributed by atoms with Gasteiger partial charge in [0.2, 0.25) is 5.92 Å². The minimum Gasteiger partial charge on any atom is -0.367 e. The molecule has 0 radical (unpaired) electrons. The summed E-state index contributed by atoms with van der Waals surface area (Å²) in [7, 11) is 0. The molecule has 0 spiro atoms. The Bertz CT molecular complexity index is 379. The van der Waals surface area contributed by atoms with Crippen molar-refractivity contribution in [1.82, 2.24) is 4.98 Å². The molecule has 94 valence electrons. The maximum Gasteiger partial charge on any atom is 0.248 e. The number of aromatic nitrogens is 1. The average Bonchev–Trinajstić information content (AvgIpc) is 2.20. The Balaban J connectivity index is 1.97. The Morgan fingerprint density at radius 1 is 1.35 bits per heavy atom. The summed E-state index contributed by atoms with van der Waals surface area (Å²) in [6, 6.07) is 3.71. The summed E-state index contributed by atoms with van der Waals surface area (Å²) in [6.45, 7) is 1.92. The van der Waals surface area contributed by atoms with E-state index in [1.54, 1.807) is 6.07 Å². The normalized spacial score (nSPS) is 20.2. The molecule has 1 aliphatic rings. The molecule has 1 aromatic rings. The van der Waals surface area contributed by atoms with Gasteiger partial charge in [-0.2, -0.15) is 0 Å². The monoisotopic (exact) mass is 260 g/mol. The fourth-order valence-electron chi connectivity index (χ4n) is 2.09. The maximum absolute atomic E-state index is 13.0. The zero-order valence-electron chi connectivity index (χ0n) is 9.64. The van der Waals surface area contributed by atoms with E-state index in [2.05, 4.69) is 10.3 Å². The van der Waals surface area contributed by atoms with Crippen LogP contribution in [0.25, 0.3) is 0 Å². The van der Waals surface area contributed by atoms with Crippen LogP contribution in [-0.4, -0.2) is 16.9 Å². The summed E-state index contributed by atoms with van der Waals surface area (Å²) < 4.78 is 26.0. The molecule has 1 aromatic heterocycles. The van der Waals surface area contributed by atoms with Crippen LogP contribution < -0.4 is 5.32 Å². The summed E-state index contributed by atoms with van der Waals surface area (Å²) in [6.07, 6.45) is 0.842. The van der Waals surface area contributed by atoms with Gasteiger partial charge in [0, 0.05) is 18.9 Å². The van der Waals surface area contributed by atoms with E-state index >= 15 is 0 Å². The van der Waals surface area contributed by atoms with Crippen molar-refractivity contribution in [3.8, 4) is 0 Å². The van der Waals surface area contributed by atoms with Crippen molar-refractivity contribution in [3.63, 3.8) is 0 Å². The van der Waals surface area contributed by atoms with Crippen LogP contribution in [-0.2, 0) is 0 Å². The number of alkyl halides is 2. The molecule has 1 saturated carbocycles. The van der Waals surface area contributed by atoms with Gasteiger partial charge in [-0.3, -0.25) is 0 Å². The van der Waals surface area contributed by atoms with E-state index in [1.807, 2.05) is 13.0 Å². The highest BCUT2D eigenvalue weighted by molar-refractivity contribution is 6.29. The molecule has 17 heavy (non-hydrogen) atoms. The van der Waals surface area contributed by atoms with Crippen molar-refractivity contribution >= 4 is 17.4 Å². The first-order valence-electron chi connectivity index (χ1n) is 5.73. The molecule has 1 N–H and O–H groups in total. The third-order valence-corrected chi connectivity index (χ3v) is 3.20. The van der Waals surface area contributed by atoms with E-state index in [4.69, 9.17) is 11.6 Å². The molecule has 0 unspecified atom stereocenters. The van der Waals surface area contributed by atoms with Crippen LogP contribution >= 0.6 is 11.6 Å². The Morgan fingerprint density at radius 3 is 2.59 bits per heavy atom. The predicted molar refractivity (Wildman–Crippen MR) is 64.8 cm³/mol. The minimum absolute atomic E-state index is 0.0514. The van der Waals surface area contributed by atoms with Crippen molar-refractivity contribution in [3.05, 3.63) is 22.8 Å². The fourth-order valence-corrected chi connectivity index (χ4v) is 2.36. The lowest BCUT2D eigenvalue weighted by Crippen LogP contribution is -2.32. The summed E-state index contributed by atoms with van der Waals surface area (Å²) in [5.74, 6) is -1.82. The zero-order valence-corrected chi connectivity index (χ0v) is 10.4. The van der Waals surface area contributed by atoms with E-state index < -0.39 is 5.92 Å². The number of nitrogens with zero attached hydrogens (tertiary/aromatic N) is 1. The third kappa shape index (κ3) is 3.53. The van der Waals surface area contributed by atoms with Gasteiger partial charge >= 0.3 is 0 Å². The van der Waals surface area contributed by atoms with E-state index in [1.165, 1.54) is 0 Å². The Morgan fingerprint density at radius 2 is 2.00 bits per heavy atom. The molecule has 0 aromatic carbocycles. The van der Waals surface area contributed by atoms with E-state index in [0.29, 0.717) is 23.8 Å². The molecule has 5 heteroatoms. The summed E-state index contributed by atoms with van der Waals surface area (Å²) in [4.78, 5) is 4.13. The van der Waals surface area contributed by atoms with Gasteiger partial charge in [-0.15, -0.1) is 0 Å². The number of anilines is 1. The van der Waals surface area contributed by atoms with Crippen molar-refractivity contribution in [2.75, 3.05) is 5.32 Å². The molecule has 1 aliphatic carbocycles. The lowest BCUT2D eigenvalue weighted by molar-refractivity contribution is -0.0361. The van der Waals surface area contributed by atoms with Crippen molar-refractivity contribution in [2.45, 2.75) is 44.6 Å². The van der Waals surface area contributed by atoms with Crippen LogP contribution in [0.5, 0.6) is 0 Å². The van der Waals surface area contributed by atoms with Gasteiger partial charge in [0.1, 0.15) is 11.0 Å². The number of nitrogens with one attached hydrogen (secondary N) is 1. The SMILES string of the molecule is Cc1cc(Cl)nc(NC2CCC(F)(F)CC2)c1. The number of halogens is 3. The van der Waals surface area contributed by atoms with Gasteiger partial charge in [0.15, 0.2) is 0 Å². The molecule has 0 atom stereocenters. The summed E-state index contributed by atoms with van der Waals surface area (Å²) >= 11 is 5.84. The first kappa shape index (κ1) is 12.6. The van der Waals surface area contributed by atoms with Crippen LogP contribution in [0.2, 0.25) is 5.15 Å². The lowest BCUT2D eigenvalue weighted by Gasteiger charge is -2.29. The standard InChI is InChI=1S/C12H15ClF2N2/c1-8-6-10(13)17-11(7-8)16-9-2-4-12(14,15)5-3-9/h6-7,9H,2-5H2,1H3,(H,16,17). The van der Waals surface area contributed by atoms with Crippen LogP contribution in [0.15, 0.2) is 12.1 Å². The highest BCUT2D eigenvalue weighted by Gasteiger charge is 2.34. The van der Waals surface area contributed by atoms with E-state index in [-0.39, 0.29) is 18.9 Å². The van der Waals surface area contributed by atoms with Crippen LogP contribution in [0.4, 0.5) is 14.6 Å². The van der Waals surface area contributed by atoms with Gasteiger partial charge in [0.25, 0.3) is 0 Å². The van der Waals surface area contributed by atoms with Crippen LogP contribution in [0.1, 0.15) is 31.2 Å². The molecule has 0 amide bonds. The molecular formula is C12H15ClF2N2. The van der Waals surface area contributed by atoms with Crippen LogP contribution in [0.3, 0.4) is 0 Å². The largest absolute Gasteiger partial charge is 0.367 e. The Labute approximate surface area is 104 Å². The highest BCUT2D eigenvalue weighted by atomic mass is 35.5. The molecule has 1 heterocycles. The van der Waals surface area contributed by atoms with Crippen molar-refractivity contribution < 1.29 is 8.78 Å². The Kier molecular flexibility index (Phi) is 3.52. The zero-order chi connectivity index (χ0) is 12.5. The highest BCUT2D eigenvalue weighted by Crippen LogP contribution is 2.34. The summed E-state index contributed by atoms with van der Waals surface area (Å²) in [5, 5.41) is 3.60. The number of hydrogen-bond acceptors (Lipinski definition) is 2. The average molecular weight is 261 g/mol. The number of hydrogen-bond donors (Lipinski definition) is 1. The predicted octanol–water partition coefficient (Wildman–Crippen LogP) is 4.03. The molecular weight excluding hydrogens is 246 g/mol. The van der Waals surface area contributed by atoms with Crippen molar-refractivity contribution in [2.24, 2.45) is 0 Å². The van der Waals surface area contributed by atoms with Gasteiger partial charge in [0.05, 0.1) is 0 Å². The number of aryl methyl sites for hydroxylation is 1.